The summed E-state index contributed by atoms with van der Waals surface area (Å²) in [6.07, 6.45) is 0. The van der Waals surface area contributed by atoms with Crippen molar-refractivity contribution in [1.29, 1.82) is 0 Å². The standard InChI is InChI=1S/C11H14N4O2/c1-15(2)6-10-13-11(17-14-10)7-3-4-8(12)9(16)5-7/h3-5,16H,6,12H2,1-2H3. The van der Waals surface area contributed by atoms with Crippen molar-refractivity contribution in [1.82, 2.24) is 15.0 Å². The number of anilines is 1. The molecule has 0 aliphatic heterocycles. The molecule has 0 unspecified atom stereocenters. The predicted molar refractivity (Wildman–Crippen MR) is 63.2 cm³/mol. The van der Waals surface area contributed by atoms with Gasteiger partial charge in [0.25, 0.3) is 5.89 Å². The summed E-state index contributed by atoms with van der Waals surface area (Å²) in [5.74, 6) is 0.980. The molecule has 6 heteroatoms. The molecule has 2 rings (SSSR count). The molecule has 6 nitrogen and oxygen atoms in total. The highest BCUT2D eigenvalue weighted by Gasteiger charge is 2.10. The first-order chi connectivity index (χ1) is 8.06. The topological polar surface area (TPSA) is 88.4 Å². The fraction of sp³-hybridized carbons (Fsp3) is 0.273. The summed E-state index contributed by atoms with van der Waals surface area (Å²) in [6.45, 7) is 0.602. The van der Waals surface area contributed by atoms with Crippen LogP contribution < -0.4 is 5.73 Å². The first-order valence-electron chi connectivity index (χ1n) is 5.12. The Bertz CT molecular complexity index is 522. The molecule has 0 bridgehead atoms. The van der Waals surface area contributed by atoms with Crippen LogP contribution in [0, 0.1) is 0 Å². The number of nitrogen functional groups attached to an aromatic ring is 1. The lowest BCUT2D eigenvalue weighted by Crippen LogP contribution is -2.11. The number of nitrogens with zero attached hydrogens (tertiary/aromatic N) is 3. The van der Waals surface area contributed by atoms with E-state index in [1.54, 1.807) is 12.1 Å². The number of phenols is 1. The van der Waals surface area contributed by atoms with E-state index in [0.717, 1.165) is 0 Å². The van der Waals surface area contributed by atoms with Crippen LogP contribution in [0.4, 0.5) is 5.69 Å². The van der Waals surface area contributed by atoms with E-state index in [9.17, 15) is 5.11 Å². The van der Waals surface area contributed by atoms with Crippen molar-refractivity contribution in [3.8, 4) is 17.2 Å². The van der Waals surface area contributed by atoms with Gasteiger partial charge in [0, 0.05) is 5.56 Å². The molecule has 0 atom stereocenters. The van der Waals surface area contributed by atoms with E-state index >= 15 is 0 Å². The third-order valence-electron chi connectivity index (χ3n) is 2.20. The van der Waals surface area contributed by atoms with E-state index in [4.69, 9.17) is 10.3 Å². The van der Waals surface area contributed by atoms with Gasteiger partial charge in [0.1, 0.15) is 5.75 Å². The summed E-state index contributed by atoms with van der Waals surface area (Å²) in [5.41, 5.74) is 6.48. The fourth-order valence-electron chi connectivity index (χ4n) is 1.39. The van der Waals surface area contributed by atoms with Gasteiger partial charge in [-0.05, 0) is 32.3 Å². The van der Waals surface area contributed by atoms with Crippen LogP contribution in [-0.4, -0.2) is 34.2 Å². The quantitative estimate of drug-likeness (QED) is 0.610. The first-order valence-corrected chi connectivity index (χ1v) is 5.12. The monoisotopic (exact) mass is 234 g/mol. The number of aromatic hydroxyl groups is 1. The second-order valence-corrected chi connectivity index (χ2v) is 4.03. The summed E-state index contributed by atoms with van der Waals surface area (Å²) in [5, 5.41) is 13.3. The molecule has 3 N–H and O–H groups in total. The molecule has 0 aliphatic rings. The van der Waals surface area contributed by atoms with E-state index in [1.165, 1.54) is 6.07 Å². The summed E-state index contributed by atoms with van der Waals surface area (Å²) in [6, 6.07) is 4.82. The number of hydrogen-bond donors (Lipinski definition) is 2. The van der Waals surface area contributed by atoms with E-state index in [2.05, 4.69) is 10.1 Å². The minimum Gasteiger partial charge on any atom is -0.506 e. The van der Waals surface area contributed by atoms with E-state index in [0.29, 0.717) is 29.5 Å². The van der Waals surface area contributed by atoms with Crippen LogP contribution in [0.5, 0.6) is 5.75 Å². The van der Waals surface area contributed by atoms with Crippen molar-refractivity contribution >= 4 is 5.69 Å². The predicted octanol–water partition coefficient (Wildman–Crippen LogP) is 1.09. The van der Waals surface area contributed by atoms with Gasteiger partial charge in [-0.2, -0.15) is 4.98 Å². The summed E-state index contributed by atoms with van der Waals surface area (Å²) >= 11 is 0. The van der Waals surface area contributed by atoms with Crippen LogP contribution in [0.1, 0.15) is 5.82 Å². The van der Waals surface area contributed by atoms with Crippen molar-refractivity contribution in [2.45, 2.75) is 6.54 Å². The van der Waals surface area contributed by atoms with Crippen LogP contribution in [0.3, 0.4) is 0 Å². The maximum Gasteiger partial charge on any atom is 0.258 e. The molecule has 0 aliphatic carbocycles. The second-order valence-electron chi connectivity index (χ2n) is 4.03. The molecule has 1 aromatic heterocycles. The molecule has 1 heterocycles. The highest BCUT2D eigenvalue weighted by molar-refractivity contribution is 5.63. The second kappa shape index (κ2) is 4.42. The molecule has 0 saturated carbocycles. The van der Waals surface area contributed by atoms with Gasteiger partial charge in [0.2, 0.25) is 0 Å². The van der Waals surface area contributed by atoms with E-state index < -0.39 is 0 Å². The highest BCUT2D eigenvalue weighted by Crippen LogP contribution is 2.26. The Kier molecular flexibility index (Phi) is 2.97. The summed E-state index contributed by atoms with van der Waals surface area (Å²) < 4.78 is 5.11. The lowest BCUT2D eigenvalue weighted by Gasteiger charge is -2.03. The zero-order valence-corrected chi connectivity index (χ0v) is 9.71. The first kappa shape index (κ1) is 11.4. The molecule has 0 amide bonds. The largest absolute Gasteiger partial charge is 0.506 e. The third-order valence-corrected chi connectivity index (χ3v) is 2.20. The lowest BCUT2D eigenvalue weighted by atomic mass is 10.2. The van der Waals surface area contributed by atoms with Crippen molar-refractivity contribution in [3.05, 3.63) is 24.0 Å². The molecule has 0 saturated heterocycles. The Morgan fingerprint density at radius 2 is 2.18 bits per heavy atom. The van der Waals surface area contributed by atoms with Gasteiger partial charge in [-0.1, -0.05) is 5.16 Å². The number of rotatable bonds is 3. The smallest absolute Gasteiger partial charge is 0.258 e. The SMILES string of the molecule is CN(C)Cc1noc(-c2ccc(N)c(O)c2)n1. The van der Waals surface area contributed by atoms with E-state index in [1.807, 2.05) is 19.0 Å². The average Bonchev–Trinajstić information content (AvgIpc) is 2.69. The Morgan fingerprint density at radius 3 is 2.82 bits per heavy atom. The Labute approximate surface area is 98.7 Å². The third kappa shape index (κ3) is 2.54. The molecule has 0 radical (unpaired) electrons. The zero-order chi connectivity index (χ0) is 12.4. The van der Waals surface area contributed by atoms with Crippen molar-refractivity contribution in [3.63, 3.8) is 0 Å². The molecular weight excluding hydrogens is 220 g/mol. The maximum absolute atomic E-state index is 9.49. The van der Waals surface area contributed by atoms with Crippen LogP contribution >= 0.6 is 0 Å². The Balaban J connectivity index is 2.27. The van der Waals surface area contributed by atoms with Crippen LogP contribution in [0.2, 0.25) is 0 Å². The number of nitrogens with two attached hydrogens (primary N) is 1. The molecule has 0 spiro atoms. The molecule has 1 aromatic carbocycles. The van der Waals surface area contributed by atoms with Gasteiger partial charge in [-0.3, -0.25) is 0 Å². The van der Waals surface area contributed by atoms with Gasteiger partial charge in [0.05, 0.1) is 12.2 Å². The number of benzene rings is 1. The molecule has 17 heavy (non-hydrogen) atoms. The molecule has 0 fully saturated rings. The summed E-state index contributed by atoms with van der Waals surface area (Å²) in [7, 11) is 3.84. The van der Waals surface area contributed by atoms with Crippen LogP contribution in [-0.2, 0) is 6.54 Å². The molecular formula is C11H14N4O2. The Hall–Kier alpha value is -2.08. The van der Waals surface area contributed by atoms with Crippen molar-refractivity contribution in [2.75, 3.05) is 19.8 Å². The van der Waals surface area contributed by atoms with E-state index in [-0.39, 0.29) is 5.75 Å². The van der Waals surface area contributed by atoms with Crippen LogP contribution in [0.15, 0.2) is 22.7 Å². The minimum atomic E-state index is 0.00913. The normalized spacial score (nSPS) is 11.0. The highest BCUT2D eigenvalue weighted by atomic mass is 16.5. The Morgan fingerprint density at radius 1 is 1.41 bits per heavy atom. The molecule has 90 valence electrons. The maximum atomic E-state index is 9.49. The van der Waals surface area contributed by atoms with Crippen molar-refractivity contribution in [2.24, 2.45) is 0 Å². The van der Waals surface area contributed by atoms with Gasteiger partial charge in [-0.25, -0.2) is 0 Å². The fourth-order valence-corrected chi connectivity index (χ4v) is 1.39. The lowest BCUT2D eigenvalue weighted by molar-refractivity contribution is 0.365. The van der Waals surface area contributed by atoms with Gasteiger partial charge < -0.3 is 20.3 Å². The number of hydrogen-bond acceptors (Lipinski definition) is 6. The molecule has 2 aromatic rings. The number of aromatic nitrogens is 2. The zero-order valence-electron chi connectivity index (χ0n) is 9.71. The van der Waals surface area contributed by atoms with Gasteiger partial charge in [0.15, 0.2) is 5.82 Å². The van der Waals surface area contributed by atoms with Crippen molar-refractivity contribution < 1.29 is 9.63 Å². The van der Waals surface area contributed by atoms with Gasteiger partial charge >= 0.3 is 0 Å². The average molecular weight is 234 g/mol. The summed E-state index contributed by atoms with van der Waals surface area (Å²) in [4.78, 5) is 6.16. The number of phenolic OH excluding ortho intramolecular Hbond substituents is 1. The minimum absolute atomic E-state index is 0.00913. The van der Waals surface area contributed by atoms with Crippen LogP contribution in [0.25, 0.3) is 11.5 Å². The van der Waals surface area contributed by atoms with Gasteiger partial charge in [-0.15, -0.1) is 0 Å².